The average molecular weight is 3020 g/mol. The first-order valence-electron chi connectivity index (χ1n) is 44.2. The number of hydrogen-bond acceptors (Lipinski definition) is 15. The van der Waals surface area contributed by atoms with Gasteiger partial charge in [-0.3, -0.25) is 0 Å². The molecule has 42 heteroatoms. The third-order valence-electron chi connectivity index (χ3n) is 24.7. The van der Waals surface area contributed by atoms with Gasteiger partial charge in [0.25, 0.3) is 0 Å². The molecule has 0 atom stereocenters. The first-order chi connectivity index (χ1) is 69.1. The Morgan fingerprint density at radius 3 is 0.639 bits per heavy atom. The Balaban J connectivity index is 0.000000110. The zero-order valence-corrected chi connectivity index (χ0v) is 91.9. The fourth-order valence-electron chi connectivity index (χ4n) is 17.9. The minimum Gasteiger partial charge on any atom is -0.660 e. The Labute approximate surface area is 919 Å². The Morgan fingerprint density at radius 2 is 0.463 bits per heavy atom. The number of furan rings is 6. The van der Waals surface area contributed by atoms with Crippen LogP contribution in [0.3, 0.4) is 0 Å². The number of para-hydroxylation sites is 6. The molecule has 24 heterocycles. The molecule has 6 aromatic carbocycles. The Morgan fingerprint density at radius 1 is 0.245 bits per heavy atom. The number of nitrogens with zero attached hydrogens (tertiary/aromatic N) is 30. The molecule has 24 aromatic heterocycles. The summed E-state index contributed by atoms with van der Waals surface area (Å²) >= 11 is 0. The molecule has 0 amide bonds. The van der Waals surface area contributed by atoms with E-state index in [4.69, 9.17) is 56.4 Å². The first kappa shape index (κ1) is 100. The molecule has 0 spiro atoms. The van der Waals surface area contributed by atoms with Crippen molar-refractivity contribution in [3.63, 3.8) is 0 Å². The SMILES string of the molecule is Cn1c[c-]nc1-c1occ2c1[n-]c1c(-n3[c-][n+](C)cc3)cccc12.Cn1c[c-]nc1-c1occ2c1[n-]c1c(-n3[c-][n+](C)cc3)cccc12.Cn1c[c-]nc1-c1occ2c1[n-]c1c(-n3[c-][n+](C)cc3)cccc12.Cn1ccnc1-c1occ2c1[n-]c1c(-n3[c-]ncc3)cccc12.Cn1ccnc1-c1occ2c1[n-]c1c(-n3[c-]ncc3)cccc12.Cn1ccnc1-c1occ2c1[n-]c1c(-n3[c-]ncc3)cccc12.[Pt+2].[Pt+2].[Pt+2].[Pt].[Pt].[Pt]. The third kappa shape index (κ3) is 17.5. The average Bonchev–Trinajstić information content (AvgIpc) is 1.57. The van der Waals surface area contributed by atoms with Gasteiger partial charge < -0.3 is 155 Å². The molecule has 744 valence electrons. The maximum absolute atomic E-state index is 5.75. The molecule has 0 N–H and O–H groups in total. The Kier molecular flexibility index (Phi) is 28.0. The molecular weight excluding hydrogens is 2950 g/mol. The fraction of sp³-hybridized carbons (Fsp3) is 0.0857. The van der Waals surface area contributed by atoms with Crippen molar-refractivity contribution in [2.24, 2.45) is 63.4 Å². The topological polar surface area (TPSA) is 350 Å². The maximum atomic E-state index is 5.75. The molecule has 0 bridgehead atoms. The molecule has 0 saturated heterocycles. The van der Waals surface area contributed by atoms with E-state index in [-0.39, 0.29) is 126 Å². The predicted molar refractivity (Wildman–Crippen MR) is 518 cm³/mol. The van der Waals surface area contributed by atoms with Gasteiger partial charge in [-0.2, -0.15) is 0 Å². The fourth-order valence-corrected chi connectivity index (χ4v) is 17.9. The monoisotopic (exact) mass is 3020 g/mol. The number of benzene rings is 6. The van der Waals surface area contributed by atoms with Gasteiger partial charge in [-0.25, -0.2) is 15.0 Å². The van der Waals surface area contributed by atoms with Crippen molar-refractivity contribution >= 4 is 131 Å². The number of aryl methyl sites for hydroxylation is 9. The van der Waals surface area contributed by atoms with Crippen LogP contribution in [0.2, 0.25) is 0 Å². The summed E-state index contributed by atoms with van der Waals surface area (Å²) in [6.45, 7) is 0. The number of aromatic nitrogens is 30. The summed E-state index contributed by atoms with van der Waals surface area (Å²) < 4.78 is 62.9. The van der Waals surface area contributed by atoms with Crippen molar-refractivity contribution in [1.82, 2.24) is 130 Å². The minimum atomic E-state index is 0. The van der Waals surface area contributed by atoms with Crippen molar-refractivity contribution in [3.05, 3.63) is 333 Å². The van der Waals surface area contributed by atoms with Gasteiger partial charge in [-0.1, -0.05) is 198 Å². The molecule has 30 rings (SSSR count). The van der Waals surface area contributed by atoms with E-state index in [1.807, 2.05) is 297 Å². The second kappa shape index (κ2) is 41.2. The van der Waals surface area contributed by atoms with E-state index >= 15 is 0 Å². The summed E-state index contributed by atoms with van der Waals surface area (Å²) in [4.78, 5) is 66.8. The first-order valence-corrected chi connectivity index (χ1v) is 44.2. The van der Waals surface area contributed by atoms with Gasteiger partial charge in [0.15, 0.2) is 34.8 Å². The van der Waals surface area contributed by atoms with Crippen molar-refractivity contribution in [2.45, 2.75) is 0 Å². The van der Waals surface area contributed by atoms with Crippen molar-refractivity contribution < 1.29 is 167 Å². The van der Waals surface area contributed by atoms with Crippen LogP contribution < -0.4 is 43.6 Å². The summed E-state index contributed by atoms with van der Waals surface area (Å²) in [5, 5.41) is 12.2. The second-order valence-corrected chi connectivity index (χ2v) is 33.5. The molecule has 0 radical (unpaired) electrons. The van der Waals surface area contributed by atoms with Crippen LogP contribution in [-0.2, 0) is 190 Å². The van der Waals surface area contributed by atoms with Crippen molar-refractivity contribution in [2.75, 3.05) is 0 Å². The van der Waals surface area contributed by atoms with Crippen molar-refractivity contribution in [1.29, 1.82) is 0 Å². The molecule has 0 aliphatic heterocycles. The minimum absolute atomic E-state index is 0. The quantitative estimate of drug-likeness (QED) is 0.0810. The number of hydrogen-bond donors (Lipinski definition) is 0. The normalized spacial score (nSPS) is 11.2. The van der Waals surface area contributed by atoms with E-state index in [0.717, 1.165) is 182 Å². The standard InChI is InChI=1S/3C18H13N5O.3C17H11N5O.6Pt/c3*1-21-8-9-23(11-21)14-5-3-4-12-13-10-24-17(16(13)20-15(12)14)18-19-6-7-22(18)2;3*1-21-7-6-19-17(21)16-15-12(9-23-16)11-3-2-4-13(14(11)20-15)22-8-5-18-10-22;;;;;;/h3*3-5,7-10H,1-2H3;3*2-9H,1H3;;;;;;/q6*-2;;;;3*+2. The van der Waals surface area contributed by atoms with Gasteiger partial charge in [-0.15, -0.1) is 51.7 Å². The van der Waals surface area contributed by atoms with Crippen LogP contribution in [0.25, 0.3) is 234 Å². The molecule has 0 aliphatic carbocycles. The zero-order chi connectivity index (χ0) is 94.9. The molecular formula is C105H72N30O6Pt6-6. The van der Waals surface area contributed by atoms with Gasteiger partial charge in [0, 0.05) is 245 Å². The summed E-state index contributed by atoms with van der Waals surface area (Å²) in [5.41, 5.74) is 16.2. The summed E-state index contributed by atoms with van der Waals surface area (Å²) in [7, 11) is 17.4. The van der Waals surface area contributed by atoms with Crippen LogP contribution in [0, 0.1) is 56.6 Å². The predicted octanol–water partition coefficient (Wildman–Crippen LogP) is 15.3. The summed E-state index contributed by atoms with van der Waals surface area (Å²) in [5.74, 6) is 8.48. The van der Waals surface area contributed by atoms with Crippen LogP contribution in [0.4, 0.5) is 0 Å². The van der Waals surface area contributed by atoms with Crippen LogP contribution >= 0.6 is 0 Å². The molecule has 36 nitrogen and oxygen atoms in total. The van der Waals surface area contributed by atoms with Gasteiger partial charge in [0.05, 0.1) is 76.0 Å². The number of imidazole rings is 12. The van der Waals surface area contributed by atoms with Crippen LogP contribution in [-0.4, -0.2) is 99.7 Å². The molecule has 30 aromatic rings. The van der Waals surface area contributed by atoms with Gasteiger partial charge >= 0.3 is 63.2 Å². The Hall–Kier alpha value is -15.6. The Bertz CT molecular complexity index is 8980. The molecule has 0 unspecified atom stereocenters. The largest absolute Gasteiger partial charge is 2.00 e. The smallest absolute Gasteiger partial charge is 0.660 e. The van der Waals surface area contributed by atoms with Gasteiger partial charge in [0.2, 0.25) is 19.0 Å². The van der Waals surface area contributed by atoms with E-state index < -0.39 is 0 Å². The van der Waals surface area contributed by atoms with Gasteiger partial charge in [0.1, 0.15) is 0 Å². The van der Waals surface area contributed by atoms with Crippen LogP contribution in [0.15, 0.2) is 303 Å². The van der Waals surface area contributed by atoms with Crippen molar-refractivity contribution in [3.8, 4) is 104 Å². The molecule has 147 heavy (non-hydrogen) atoms. The van der Waals surface area contributed by atoms with Crippen LogP contribution in [0.5, 0.6) is 0 Å². The number of fused-ring (bicyclic) bond motifs is 18. The van der Waals surface area contributed by atoms with E-state index in [1.165, 1.54) is 0 Å². The maximum Gasteiger partial charge on any atom is 2.00 e. The second-order valence-electron chi connectivity index (χ2n) is 33.5. The van der Waals surface area contributed by atoms with E-state index in [1.54, 1.807) is 93.4 Å². The van der Waals surface area contributed by atoms with Gasteiger partial charge in [-0.05, 0) is 70.5 Å². The summed E-state index contributed by atoms with van der Waals surface area (Å²) in [6, 6.07) is 36.5. The zero-order valence-electron chi connectivity index (χ0n) is 78.2. The number of rotatable bonds is 12. The summed E-state index contributed by atoms with van der Waals surface area (Å²) in [6.07, 6.45) is 76.1. The molecule has 0 saturated carbocycles. The molecule has 0 fully saturated rings. The van der Waals surface area contributed by atoms with E-state index in [9.17, 15) is 0 Å². The molecule has 0 aliphatic rings. The van der Waals surface area contributed by atoms with E-state index in [2.05, 4.69) is 120 Å². The van der Waals surface area contributed by atoms with Crippen LogP contribution in [0.1, 0.15) is 0 Å². The van der Waals surface area contributed by atoms with E-state index in [0.29, 0.717) is 52.0 Å². The third-order valence-corrected chi connectivity index (χ3v) is 24.7.